The van der Waals surface area contributed by atoms with Gasteiger partial charge < -0.3 is 4.90 Å². The molecule has 0 bridgehead atoms. The standard InChI is InChI=1S/C12H25N3/c1-5-12(6-2)10-14-11-13-8-7-9-15(3)4/h12H,5-10H2,1-4H3. The second kappa shape index (κ2) is 9.88. The predicted octanol–water partition coefficient (Wildman–Crippen LogP) is 2.55. The molecule has 0 saturated heterocycles. The summed E-state index contributed by atoms with van der Waals surface area (Å²) in [5.41, 5.74) is 0. The van der Waals surface area contributed by atoms with E-state index in [4.69, 9.17) is 0 Å². The van der Waals surface area contributed by atoms with Crippen LogP contribution in [0.5, 0.6) is 0 Å². The fraction of sp³-hybridized carbons (Fsp3) is 0.917. The molecule has 0 N–H and O–H groups in total. The van der Waals surface area contributed by atoms with Crippen molar-refractivity contribution in [1.29, 1.82) is 0 Å². The zero-order chi connectivity index (χ0) is 11.5. The van der Waals surface area contributed by atoms with Crippen LogP contribution in [0.25, 0.3) is 0 Å². The average Bonchev–Trinajstić information content (AvgIpc) is 2.22. The third-order valence-corrected chi connectivity index (χ3v) is 2.52. The van der Waals surface area contributed by atoms with Crippen LogP contribution in [0.15, 0.2) is 9.98 Å². The molecule has 0 aromatic heterocycles. The largest absolute Gasteiger partial charge is 0.309 e. The van der Waals surface area contributed by atoms with Crippen molar-refractivity contribution in [3.8, 4) is 0 Å². The van der Waals surface area contributed by atoms with Gasteiger partial charge in [0.2, 0.25) is 0 Å². The summed E-state index contributed by atoms with van der Waals surface area (Å²) in [6.45, 7) is 7.21. The van der Waals surface area contributed by atoms with Crippen LogP contribution >= 0.6 is 0 Å². The normalized spacial score (nSPS) is 10.5. The first-order valence-electron chi connectivity index (χ1n) is 5.93. The molecule has 0 aromatic carbocycles. The molecule has 0 spiro atoms. The van der Waals surface area contributed by atoms with Crippen LogP contribution in [0.2, 0.25) is 0 Å². The summed E-state index contributed by atoms with van der Waals surface area (Å²) in [6, 6.07) is 2.79. The van der Waals surface area contributed by atoms with Crippen LogP contribution in [0.3, 0.4) is 0 Å². The molecule has 3 heteroatoms. The van der Waals surface area contributed by atoms with Crippen molar-refractivity contribution in [2.24, 2.45) is 15.9 Å². The van der Waals surface area contributed by atoms with Gasteiger partial charge in [-0.15, -0.1) is 0 Å². The molecule has 0 saturated carbocycles. The van der Waals surface area contributed by atoms with Crippen molar-refractivity contribution < 1.29 is 0 Å². The maximum absolute atomic E-state index is 4.20. The Morgan fingerprint density at radius 1 is 1.13 bits per heavy atom. The minimum atomic E-state index is 0.703. The van der Waals surface area contributed by atoms with Gasteiger partial charge >= 0.3 is 0 Å². The van der Waals surface area contributed by atoms with Crippen molar-refractivity contribution in [2.75, 3.05) is 33.7 Å². The average molecular weight is 211 g/mol. The van der Waals surface area contributed by atoms with Crippen molar-refractivity contribution in [3.05, 3.63) is 0 Å². The Labute approximate surface area is 94.3 Å². The molecule has 0 amide bonds. The highest BCUT2D eigenvalue weighted by molar-refractivity contribution is 5.40. The van der Waals surface area contributed by atoms with Gasteiger partial charge in [-0.3, -0.25) is 0 Å². The number of nitrogens with zero attached hydrogens (tertiary/aromatic N) is 3. The quantitative estimate of drug-likeness (QED) is 0.448. The monoisotopic (exact) mass is 211 g/mol. The highest BCUT2D eigenvalue weighted by atomic mass is 15.0. The minimum absolute atomic E-state index is 0.703. The molecule has 3 nitrogen and oxygen atoms in total. The lowest BCUT2D eigenvalue weighted by Gasteiger charge is -2.06. The Hall–Kier alpha value is -0.660. The SMILES string of the molecule is CCC(CC)CN=C=NCCCN(C)C. The lowest BCUT2D eigenvalue weighted by atomic mass is 10.0. The highest BCUT2D eigenvalue weighted by Crippen LogP contribution is 2.06. The zero-order valence-corrected chi connectivity index (χ0v) is 10.7. The maximum atomic E-state index is 4.20. The third kappa shape index (κ3) is 9.64. The summed E-state index contributed by atoms with van der Waals surface area (Å²) in [6.07, 6.45) is 3.48. The van der Waals surface area contributed by atoms with Crippen LogP contribution in [0, 0.1) is 5.92 Å². The second-order valence-corrected chi connectivity index (χ2v) is 4.16. The lowest BCUT2D eigenvalue weighted by molar-refractivity contribution is 0.403. The first-order valence-corrected chi connectivity index (χ1v) is 5.93. The van der Waals surface area contributed by atoms with Crippen LogP contribution in [-0.4, -0.2) is 44.6 Å². The van der Waals surface area contributed by atoms with Gasteiger partial charge in [0.05, 0.1) is 19.1 Å². The second-order valence-electron chi connectivity index (χ2n) is 4.16. The molecule has 0 heterocycles. The molecular weight excluding hydrogens is 186 g/mol. The predicted molar refractivity (Wildman–Crippen MR) is 66.8 cm³/mol. The molecule has 15 heavy (non-hydrogen) atoms. The molecule has 0 radical (unpaired) electrons. The highest BCUT2D eigenvalue weighted by Gasteiger charge is 1.99. The van der Waals surface area contributed by atoms with Crippen LogP contribution in [-0.2, 0) is 0 Å². The van der Waals surface area contributed by atoms with E-state index in [-0.39, 0.29) is 0 Å². The molecule has 88 valence electrons. The molecule has 0 fully saturated rings. The molecule has 0 aliphatic rings. The summed E-state index contributed by atoms with van der Waals surface area (Å²) in [7, 11) is 4.15. The van der Waals surface area contributed by atoms with Crippen LogP contribution < -0.4 is 0 Å². The van der Waals surface area contributed by atoms with E-state index in [2.05, 4.69) is 48.8 Å². The van der Waals surface area contributed by atoms with Crippen LogP contribution in [0.4, 0.5) is 0 Å². The fourth-order valence-electron chi connectivity index (χ4n) is 1.28. The van der Waals surface area contributed by atoms with Gasteiger partial charge in [0, 0.05) is 0 Å². The summed E-state index contributed by atoms with van der Waals surface area (Å²) in [4.78, 5) is 10.5. The first kappa shape index (κ1) is 14.3. The lowest BCUT2D eigenvalue weighted by Crippen LogP contribution is -2.13. The smallest absolute Gasteiger partial charge is 0.0892 e. The first-order chi connectivity index (χ1) is 7.20. The molecule has 0 atom stereocenters. The number of hydrogen-bond donors (Lipinski definition) is 0. The Kier molecular flexibility index (Phi) is 9.44. The van der Waals surface area contributed by atoms with E-state index in [1.807, 2.05) is 0 Å². The summed E-state index contributed by atoms with van der Waals surface area (Å²) in [5, 5.41) is 0. The van der Waals surface area contributed by atoms with E-state index >= 15 is 0 Å². The van der Waals surface area contributed by atoms with E-state index in [1.54, 1.807) is 0 Å². The van der Waals surface area contributed by atoms with Crippen LogP contribution in [0.1, 0.15) is 33.1 Å². The molecule has 0 aromatic rings. The number of aliphatic imine (C=N–C) groups is 2. The van der Waals surface area contributed by atoms with E-state index in [1.165, 1.54) is 12.8 Å². The number of rotatable bonds is 8. The molecule has 0 rings (SSSR count). The van der Waals surface area contributed by atoms with E-state index < -0.39 is 0 Å². The summed E-state index contributed by atoms with van der Waals surface area (Å²) in [5.74, 6) is 0.703. The van der Waals surface area contributed by atoms with Crippen molar-refractivity contribution in [1.82, 2.24) is 4.90 Å². The van der Waals surface area contributed by atoms with Gasteiger partial charge in [-0.1, -0.05) is 26.7 Å². The van der Waals surface area contributed by atoms with E-state index in [0.29, 0.717) is 5.92 Å². The van der Waals surface area contributed by atoms with E-state index in [9.17, 15) is 0 Å². The van der Waals surface area contributed by atoms with E-state index in [0.717, 1.165) is 26.1 Å². The molecular formula is C12H25N3. The zero-order valence-electron chi connectivity index (χ0n) is 10.7. The Balaban J connectivity index is 3.53. The van der Waals surface area contributed by atoms with Gasteiger partial charge in [0.25, 0.3) is 0 Å². The van der Waals surface area contributed by atoms with Gasteiger partial charge in [0.15, 0.2) is 0 Å². The Morgan fingerprint density at radius 2 is 1.80 bits per heavy atom. The van der Waals surface area contributed by atoms with Crippen molar-refractivity contribution in [3.63, 3.8) is 0 Å². The van der Waals surface area contributed by atoms with Gasteiger partial charge in [-0.2, -0.15) is 0 Å². The molecule has 0 unspecified atom stereocenters. The van der Waals surface area contributed by atoms with Gasteiger partial charge in [0.1, 0.15) is 0 Å². The molecule has 0 aliphatic carbocycles. The van der Waals surface area contributed by atoms with Gasteiger partial charge in [-0.05, 0) is 33.0 Å². The molecule has 0 aliphatic heterocycles. The van der Waals surface area contributed by atoms with Gasteiger partial charge in [-0.25, -0.2) is 9.98 Å². The minimum Gasteiger partial charge on any atom is -0.309 e. The Morgan fingerprint density at radius 3 is 2.33 bits per heavy atom. The summed E-state index contributed by atoms with van der Waals surface area (Å²) < 4.78 is 0. The Bertz CT molecular complexity index is 189. The maximum Gasteiger partial charge on any atom is 0.0892 e. The third-order valence-electron chi connectivity index (χ3n) is 2.52. The van der Waals surface area contributed by atoms with Crippen molar-refractivity contribution >= 4 is 6.01 Å². The fourth-order valence-corrected chi connectivity index (χ4v) is 1.28. The number of hydrogen-bond acceptors (Lipinski definition) is 3. The summed E-state index contributed by atoms with van der Waals surface area (Å²) >= 11 is 0. The topological polar surface area (TPSA) is 28.0 Å². The van der Waals surface area contributed by atoms with Crippen molar-refractivity contribution in [2.45, 2.75) is 33.1 Å².